The molecule has 2 amide bonds. The third-order valence-corrected chi connectivity index (χ3v) is 10.6. The summed E-state index contributed by atoms with van der Waals surface area (Å²) in [4.78, 5) is 47.2. The number of fused-ring (bicyclic) bond motifs is 5. The van der Waals surface area contributed by atoms with Gasteiger partial charge in [0.25, 0.3) is 0 Å². The molecule has 212 valence electrons. The fourth-order valence-electron chi connectivity index (χ4n) is 8.20. The van der Waals surface area contributed by atoms with E-state index in [1.165, 1.54) is 4.90 Å². The van der Waals surface area contributed by atoms with E-state index < -0.39 is 22.7 Å². The summed E-state index contributed by atoms with van der Waals surface area (Å²) in [5.74, 6) is -2.63. The Labute approximate surface area is 269 Å². The molecule has 2 fully saturated rings. The molecule has 4 atom stereocenters. The van der Waals surface area contributed by atoms with Gasteiger partial charge in [0.1, 0.15) is 0 Å². The quantitative estimate of drug-likeness (QED) is 0.143. The van der Waals surface area contributed by atoms with Gasteiger partial charge in [-0.15, -0.1) is 0 Å². The molecule has 0 spiro atoms. The van der Waals surface area contributed by atoms with Crippen LogP contribution in [0.25, 0.3) is 11.1 Å². The van der Waals surface area contributed by atoms with Crippen LogP contribution in [0, 0.1) is 15.4 Å². The number of amides is 2. The molecule has 0 aromatic heterocycles. The van der Waals surface area contributed by atoms with Gasteiger partial charge in [0, 0.05) is 3.57 Å². The number of para-hydroxylation sites is 1. The SMILES string of the molecule is O=C1[C@@H]2[C@@H](C(=O)N1c1ccccc1I)[C@@]1(c3ccccc3)C(=O)[C@@]2(c2ccccc2)C(c2ccccc2)=C1c1ccccc1. The van der Waals surface area contributed by atoms with Crippen LogP contribution >= 0.6 is 22.6 Å². The van der Waals surface area contributed by atoms with E-state index in [0.29, 0.717) is 5.69 Å². The van der Waals surface area contributed by atoms with Gasteiger partial charge in [0.15, 0.2) is 5.78 Å². The van der Waals surface area contributed by atoms with E-state index in [-0.39, 0.29) is 17.6 Å². The van der Waals surface area contributed by atoms with E-state index >= 15 is 4.79 Å². The lowest BCUT2D eigenvalue weighted by atomic mass is 9.59. The summed E-state index contributed by atoms with van der Waals surface area (Å²) < 4.78 is 0.799. The molecular weight excluding hydrogens is 657 g/mol. The smallest absolute Gasteiger partial charge is 0.239 e. The standard InChI is InChI=1S/C39H26INO3/c40-29-23-13-14-24-30(29)41-35(42)33-34(36(41)43)39(28-21-11-4-12-22-28)32(26-17-7-2-8-18-26)31(25-15-5-1-6-16-25)38(33,37(39)44)27-19-9-3-10-20-27/h1-24,33-34H/t33-,34-,38-,39-/m0/s1. The third-order valence-electron chi connectivity index (χ3n) is 9.67. The highest BCUT2D eigenvalue weighted by Gasteiger charge is 2.82. The van der Waals surface area contributed by atoms with Crippen molar-refractivity contribution in [2.75, 3.05) is 4.90 Å². The number of imide groups is 1. The lowest BCUT2D eigenvalue weighted by Gasteiger charge is -2.39. The fraction of sp³-hybridized carbons (Fsp3) is 0.103. The number of ketones is 1. The Balaban J connectivity index is 1.57. The molecule has 0 radical (unpaired) electrons. The first-order chi connectivity index (χ1) is 21.5. The summed E-state index contributed by atoms with van der Waals surface area (Å²) in [6.45, 7) is 0. The van der Waals surface area contributed by atoms with Crippen molar-refractivity contribution >= 4 is 57.0 Å². The molecule has 8 rings (SSSR count). The number of carbonyl (C=O) groups excluding carboxylic acids is 3. The van der Waals surface area contributed by atoms with Gasteiger partial charge >= 0.3 is 0 Å². The summed E-state index contributed by atoms with van der Waals surface area (Å²) >= 11 is 2.18. The molecule has 0 unspecified atom stereocenters. The topological polar surface area (TPSA) is 54.5 Å². The number of allylic oxidation sites excluding steroid dienone is 2. The van der Waals surface area contributed by atoms with Gasteiger partial charge in [-0.25, -0.2) is 4.90 Å². The number of benzene rings is 5. The number of hydrogen-bond donors (Lipinski definition) is 0. The maximum Gasteiger partial charge on any atom is 0.239 e. The summed E-state index contributed by atoms with van der Waals surface area (Å²) in [7, 11) is 0. The fourth-order valence-corrected chi connectivity index (χ4v) is 8.83. The second-order valence-electron chi connectivity index (χ2n) is 11.6. The van der Waals surface area contributed by atoms with Crippen molar-refractivity contribution in [1.29, 1.82) is 0 Å². The number of Topliss-reactive ketones (excluding diaryl/α,β-unsaturated/α-hetero) is 1. The molecule has 5 aromatic rings. The van der Waals surface area contributed by atoms with Crippen molar-refractivity contribution in [2.45, 2.75) is 10.8 Å². The van der Waals surface area contributed by atoms with Gasteiger partial charge in [0.05, 0.1) is 28.4 Å². The van der Waals surface area contributed by atoms with Crippen LogP contribution in [0.2, 0.25) is 0 Å². The van der Waals surface area contributed by atoms with Crippen LogP contribution in [0.15, 0.2) is 146 Å². The molecule has 5 heteroatoms. The normalized spacial score (nSPS) is 25.6. The lowest BCUT2D eigenvalue weighted by Crippen LogP contribution is -2.45. The van der Waals surface area contributed by atoms with Crippen molar-refractivity contribution in [1.82, 2.24) is 0 Å². The Morgan fingerprint density at radius 3 is 1.25 bits per heavy atom. The van der Waals surface area contributed by atoms with Gasteiger partial charge in [-0.05, 0) is 68.1 Å². The largest absolute Gasteiger partial charge is 0.297 e. The Morgan fingerprint density at radius 1 is 0.477 bits per heavy atom. The Bertz CT molecular complexity index is 1870. The highest BCUT2D eigenvalue weighted by molar-refractivity contribution is 14.1. The van der Waals surface area contributed by atoms with Gasteiger partial charge in [-0.1, -0.05) is 133 Å². The predicted octanol–water partition coefficient (Wildman–Crippen LogP) is 7.48. The number of hydrogen-bond acceptors (Lipinski definition) is 3. The van der Waals surface area contributed by atoms with E-state index in [1.54, 1.807) is 0 Å². The highest BCUT2D eigenvalue weighted by Crippen LogP contribution is 2.74. The van der Waals surface area contributed by atoms with Crippen molar-refractivity contribution in [3.05, 3.63) is 171 Å². The Morgan fingerprint density at radius 2 is 0.841 bits per heavy atom. The first-order valence-electron chi connectivity index (χ1n) is 14.7. The molecular formula is C39H26INO3. The van der Waals surface area contributed by atoms with Gasteiger partial charge in [-0.2, -0.15) is 0 Å². The second kappa shape index (κ2) is 9.96. The van der Waals surface area contributed by atoms with Crippen molar-refractivity contribution < 1.29 is 14.4 Å². The summed E-state index contributed by atoms with van der Waals surface area (Å²) in [6.07, 6.45) is 0. The summed E-state index contributed by atoms with van der Waals surface area (Å²) in [5, 5.41) is 0. The first kappa shape index (κ1) is 27.0. The van der Waals surface area contributed by atoms with Crippen LogP contribution in [0.1, 0.15) is 22.3 Å². The monoisotopic (exact) mass is 683 g/mol. The molecule has 2 bridgehead atoms. The minimum absolute atomic E-state index is 0.112. The zero-order valence-electron chi connectivity index (χ0n) is 23.6. The molecule has 3 aliphatic rings. The highest BCUT2D eigenvalue weighted by atomic mass is 127. The van der Waals surface area contributed by atoms with Crippen LogP contribution in [0.4, 0.5) is 5.69 Å². The molecule has 1 saturated heterocycles. The Kier molecular flexibility index (Phi) is 6.10. The number of halogens is 1. The zero-order chi connectivity index (χ0) is 30.1. The summed E-state index contributed by atoms with van der Waals surface area (Å²) in [6, 6.07) is 46.6. The van der Waals surface area contributed by atoms with Crippen molar-refractivity contribution in [2.24, 2.45) is 11.8 Å². The lowest BCUT2D eigenvalue weighted by molar-refractivity contribution is -0.130. The molecule has 4 nitrogen and oxygen atoms in total. The van der Waals surface area contributed by atoms with Crippen LogP contribution in [-0.2, 0) is 25.2 Å². The molecule has 2 aliphatic carbocycles. The second-order valence-corrected chi connectivity index (χ2v) is 12.7. The van der Waals surface area contributed by atoms with Crippen LogP contribution in [-0.4, -0.2) is 17.6 Å². The number of anilines is 1. The van der Waals surface area contributed by atoms with Gasteiger partial charge < -0.3 is 0 Å². The van der Waals surface area contributed by atoms with Crippen LogP contribution < -0.4 is 4.90 Å². The first-order valence-corrected chi connectivity index (χ1v) is 15.8. The Hall–Kier alpha value is -4.62. The molecule has 1 heterocycles. The number of nitrogens with zero attached hydrogens (tertiary/aromatic N) is 1. The van der Waals surface area contributed by atoms with E-state index in [4.69, 9.17) is 0 Å². The van der Waals surface area contributed by atoms with E-state index in [2.05, 4.69) is 22.6 Å². The maximum absolute atomic E-state index is 15.8. The third kappa shape index (κ3) is 3.30. The molecule has 1 aliphatic heterocycles. The maximum atomic E-state index is 15.8. The van der Waals surface area contributed by atoms with E-state index in [0.717, 1.165) is 37.0 Å². The van der Waals surface area contributed by atoms with Crippen molar-refractivity contribution in [3.63, 3.8) is 0 Å². The van der Waals surface area contributed by atoms with Crippen molar-refractivity contribution in [3.8, 4) is 0 Å². The molecule has 0 N–H and O–H groups in total. The molecule has 1 saturated carbocycles. The average molecular weight is 684 g/mol. The average Bonchev–Trinajstić information content (AvgIpc) is 3.59. The van der Waals surface area contributed by atoms with Crippen LogP contribution in [0.3, 0.4) is 0 Å². The molecule has 44 heavy (non-hydrogen) atoms. The van der Waals surface area contributed by atoms with Crippen LogP contribution in [0.5, 0.6) is 0 Å². The number of carbonyl (C=O) groups is 3. The predicted molar refractivity (Wildman–Crippen MR) is 180 cm³/mol. The van der Waals surface area contributed by atoms with E-state index in [1.807, 2.05) is 146 Å². The minimum Gasteiger partial charge on any atom is -0.297 e. The summed E-state index contributed by atoms with van der Waals surface area (Å²) in [5.41, 5.74) is 2.57. The minimum atomic E-state index is -1.39. The molecule has 5 aromatic carbocycles. The number of rotatable bonds is 5. The van der Waals surface area contributed by atoms with E-state index in [9.17, 15) is 9.59 Å². The van der Waals surface area contributed by atoms with Gasteiger partial charge in [0.2, 0.25) is 11.8 Å². The zero-order valence-corrected chi connectivity index (χ0v) is 25.7. The van der Waals surface area contributed by atoms with Gasteiger partial charge in [-0.3, -0.25) is 14.4 Å².